The minimum Gasteiger partial charge on any atom is -0.298 e. The van der Waals surface area contributed by atoms with Gasteiger partial charge in [0, 0.05) is 16.6 Å². The fourth-order valence-corrected chi connectivity index (χ4v) is 2.48. The van der Waals surface area contributed by atoms with E-state index in [2.05, 4.69) is 11.9 Å². The van der Waals surface area contributed by atoms with Crippen LogP contribution in [-0.2, 0) is 9.59 Å². The molecule has 1 fully saturated rings. The first-order chi connectivity index (χ1) is 9.93. The van der Waals surface area contributed by atoms with Gasteiger partial charge in [0.05, 0.1) is 0 Å². The number of hydrogen-bond acceptors (Lipinski definition) is 3. The van der Waals surface area contributed by atoms with Gasteiger partial charge in [0.2, 0.25) is 0 Å². The normalized spacial score (nSPS) is 17.1. The third-order valence-electron chi connectivity index (χ3n) is 2.76. The molecular formula is C14H10Cl2N2O2S. The molecule has 0 unspecified atom stereocenters. The van der Waals surface area contributed by atoms with Crippen LogP contribution in [0.25, 0.3) is 6.08 Å². The third-order valence-corrected chi connectivity index (χ3v) is 3.64. The average Bonchev–Trinajstić information content (AvgIpc) is 2.41. The van der Waals surface area contributed by atoms with Gasteiger partial charge in [-0.15, -0.1) is 6.58 Å². The molecule has 0 bridgehead atoms. The van der Waals surface area contributed by atoms with Crippen LogP contribution in [0.2, 0.25) is 10.0 Å². The van der Waals surface area contributed by atoms with E-state index in [9.17, 15) is 9.59 Å². The topological polar surface area (TPSA) is 49.4 Å². The predicted molar refractivity (Wildman–Crippen MR) is 87.1 cm³/mol. The summed E-state index contributed by atoms with van der Waals surface area (Å²) in [7, 11) is 0. The number of benzene rings is 1. The Morgan fingerprint density at radius 1 is 1.33 bits per heavy atom. The number of carbonyl (C=O) groups excluding carboxylic acids is 2. The van der Waals surface area contributed by atoms with Gasteiger partial charge in [-0.05, 0) is 36.0 Å². The van der Waals surface area contributed by atoms with E-state index in [0.29, 0.717) is 15.6 Å². The molecule has 0 aromatic heterocycles. The van der Waals surface area contributed by atoms with Crippen LogP contribution in [0.4, 0.5) is 0 Å². The van der Waals surface area contributed by atoms with Crippen molar-refractivity contribution < 1.29 is 9.59 Å². The number of halogens is 2. The molecule has 21 heavy (non-hydrogen) atoms. The summed E-state index contributed by atoms with van der Waals surface area (Å²) in [6, 6.07) is 4.78. The summed E-state index contributed by atoms with van der Waals surface area (Å²) in [6.07, 6.45) is 2.93. The van der Waals surface area contributed by atoms with Crippen LogP contribution < -0.4 is 5.32 Å². The van der Waals surface area contributed by atoms with Gasteiger partial charge in [-0.1, -0.05) is 35.3 Å². The molecule has 0 radical (unpaired) electrons. The molecular weight excluding hydrogens is 331 g/mol. The van der Waals surface area contributed by atoms with E-state index in [1.54, 1.807) is 12.1 Å². The first-order valence-electron chi connectivity index (χ1n) is 5.89. The molecule has 0 atom stereocenters. The van der Waals surface area contributed by atoms with E-state index >= 15 is 0 Å². The van der Waals surface area contributed by atoms with E-state index in [-0.39, 0.29) is 17.2 Å². The Bertz CT molecular complexity index is 686. The summed E-state index contributed by atoms with van der Waals surface area (Å²) in [5.41, 5.74) is 0.473. The Kier molecular flexibility index (Phi) is 4.77. The first-order valence-corrected chi connectivity index (χ1v) is 7.05. The molecule has 0 aliphatic carbocycles. The number of rotatable bonds is 3. The van der Waals surface area contributed by atoms with Crippen molar-refractivity contribution in [2.75, 3.05) is 6.54 Å². The minimum absolute atomic E-state index is 0.0466. The van der Waals surface area contributed by atoms with Crippen LogP contribution in [-0.4, -0.2) is 28.4 Å². The number of nitrogens with zero attached hydrogens (tertiary/aromatic N) is 1. The van der Waals surface area contributed by atoms with Gasteiger partial charge in [0.15, 0.2) is 5.11 Å². The number of amides is 2. The smallest absolute Gasteiger partial charge is 0.265 e. The van der Waals surface area contributed by atoms with Crippen molar-refractivity contribution in [1.82, 2.24) is 10.2 Å². The van der Waals surface area contributed by atoms with E-state index in [0.717, 1.165) is 0 Å². The molecule has 7 heteroatoms. The zero-order valence-corrected chi connectivity index (χ0v) is 13.1. The highest BCUT2D eigenvalue weighted by atomic mass is 35.5. The van der Waals surface area contributed by atoms with Crippen LogP contribution in [0.5, 0.6) is 0 Å². The quantitative estimate of drug-likeness (QED) is 0.398. The van der Waals surface area contributed by atoms with Gasteiger partial charge < -0.3 is 0 Å². The molecule has 1 aromatic carbocycles. The Balaban J connectivity index is 2.42. The fraction of sp³-hybridized carbons (Fsp3) is 0.0714. The Labute approximate surface area is 137 Å². The Hall–Kier alpha value is -1.69. The van der Waals surface area contributed by atoms with Crippen LogP contribution >= 0.6 is 35.4 Å². The number of hydrogen-bond donors (Lipinski definition) is 1. The SMILES string of the molecule is C=CCN1C(=O)C(=Cc2ccc(Cl)cc2Cl)C(=O)NC1=S. The highest BCUT2D eigenvalue weighted by molar-refractivity contribution is 7.80. The largest absolute Gasteiger partial charge is 0.298 e. The van der Waals surface area contributed by atoms with Gasteiger partial charge in [0.1, 0.15) is 5.57 Å². The summed E-state index contributed by atoms with van der Waals surface area (Å²) < 4.78 is 0. The minimum atomic E-state index is -0.559. The zero-order valence-electron chi connectivity index (χ0n) is 10.7. The predicted octanol–water partition coefficient (Wildman–Crippen LogP) is 2.81. The van der Waals surface area contributed by atoms with Crippen molar-refractivity contribution in [3.05, 3.63) is 52.0 Å². The Morgan fingerprint density at radius 3 is 2.67 bits per heavy atom. The molecule has 1 aliphatic heterocycles. The fourth-order valence-electron chi connectivity index (χ4n) is 1.76. The number of thiocarbonyl (C=S) groups is 1. The summed E-state index contributed by atoms with van der Waals surface area (Å²) >= 11 is 16.8. The second-order valence-corrected chi connectivity index (χ2v) is 5.42. The second-order valence-electron chi connectivity index (χ2n) is 4.19. The number of carbonyl (C=O) groups is 2. The van der Waals surface area contributed by atoms with Gasteiger partial charge in [0.25, 0.3) is 11.8 Å². The maximum absolute atomic E-state index is 12.3. The van der Waals surface area contributed by atoms with Crippen molar-refractivity contribution >= 4 is 58.4 Å². The van der Waals surface area contributed by atoms with Crippen molar-refractivity contribution in [2.45, 2.75) is 0 Å². The van der Waals surface area contributed by atoms with Crippen LogP contribution in [0.3, 0.4) is 0 Å². The van der Waals surface area contributed by atoms with Crippen LogP contribution in [0.15, 0.2) is 36.4 Å². The van der Waals surface area contributed by atoms with E-state index in [1.807, 2.05) is 0 Å². The Morgan fingerprint density at radius 2 is 2.05 bits per heavy atom. The standard InChI is InChI=1S/C14H10Cl2N2O2S/c1-2-5-18-13(20)10(12(19)17-14(18)21)6-8-3-4-9(15)7-11(8)16/h2-4,6-7H,1,5H2,(H,17,19,21). The maximum atomic E-state index is 12.3. The molecule has 1 N–H and O–H groups in total. The summed E-state index contributed by atoms with van der Waals surface area (Å²) in [6.45, 7) is 3.77. The van der Waals surface area contributed by atoms with Gasteiger partial charge >= 0.3 is 0 Å². The summed E-state index contributed by atoms with van der Waals surface area (Å²) in [5, 5.41) is 3.33. The van der Waals surface area contributed by atoms with Crippen molar-refractivity contribution in [2.24, 2.45) is 0 Å². The van der Waals surface area contributed by atoms with Crippen LogP contribution in [0, 0.1) is 0 Å². The van der Waals surface area contributed by atoms with Gasteiger partial charge in [-0.3, -0.25) is 19.8 Å². The van der Waals surface area contributed by atoms with Crippen LogP contribution in [0.1, 0.15) is 5.56 Å². The highest BCUT2D eigenvalue weighted by Crippen LogP contribution is 2.24. The molecule has 4 nitrogen and oxygen atoms in total. The zero-order chi connectivity index (χ0) is 15.6. The molecule has 2 amide bonds. The molecule has 0 saturated carbocycles. The van der Waals surface area contributed by atoms with Gasteiger partial charge in [-0.25, -0.2) is 0 Å². The van der Waals surface area contributed by atoms with E-state index in [4.69, 9.17) is 35.4 Å². The third kappa shape index (κ3) is 3.32. The average molecular weight is 341 g/mol. The second kappa shape index (κ2) is 6.39. The number of nitrogens with one attached hydrogen (secondary N) is 1. The molecule has 1 aromatic rings. The summed E-state index contributed by atoms with van der Waals surface area (Å²) in [5.74, 6) is -1.05. The first kappa shape index (κ1) is 15.7. The molecule has 2 rings (SSSR count). The molecule has 1 aliphatic rings. The van der Waals surface area contributed by atoms with E-state index in [1.165, 1.54) is 23.1 Å². The molecule has 108 valence electrons. The van der Waals surface area contributed by atoms with Crippen molar-refractivity contribution in [3.63, 3.8) is 0 Å². The molecule has 1 heterocycles. The summed E-state index contributed by atoms with van der Waals surface area (Å²) in [4.78, 5) is 25.5. The van der Waals surface area contributed by atoms with Crippen molar-refractivity contribution in [1.29, 1.82) is 0 Å². The van der Waals surface area contributed by atoms with E-state index < -0.39 is 11.8 Å². The molecule has 0 spiro atoms. The lowest BCUT2D eigenvalue weighted by Gasteiger charge is -2.27. The lowest BCUT2D eigenvalue weighted by molar-refractivity contribution is -0.128. The van der Waals surface area contributed by atoms with Crippen molar-refractivity contribution in [3.8, 4) is 0 Å². The monoisotopic (exact) mass is 340 g/mol. The lowest BCUT2D eigenvalue weighted by Crippen LogP contribution is -2.53. The lowest BCUT2D eigenvalue weighted by atomic mass is 10.1. The molecule has 1 saturated heterocycles. The maximum Gasteiger partial charge on any atom is 0.265 e. The highest BCUT2D eigenvalue weighted by Gasteiger charge is 2.32. The van der Waals surface area contributed by atoms with Gasteiger partial charge in [-0.2, -0.15) is 0 Å².